The van der Waals surface area contributed by atoms with Gasteiger partial charge in [-0.05, 0) is 20.3 Å². The van der Waals surface area contributed by atoms with E-state index in [1.54, 1.807) is 17.1 Å². The van der Waals surface area contributed by atoms with Gasteiger partial charge in [0.05, 0.1) is 30.5 Å². The average Bonchev–Trinajstić information content (AvgIpc) is 2.81. The van der Waals surface area contributed by atoms with Crippen LogP contribution in [-0.2, 0) is 4.74 Å². The molecule has 1 fully saturated rings. The minimum atomic E-state index is -0.636. The number of rotatable bonds is 3. The van der Waals surface area contributed by atoms with Crippen molar-refractivity contribution in [1.29, 1.82) is 0 Å². The number of nitrogens with one attached hydrogen (secondary N) is 1. The van der Waals surface area contributed by atoms with E-state index >= 15 is 0 Å². The molecule has 0 aromatic carbocycles. The predicted octanol–water partition coefficient (Wildman–Crippen LogP) is 0.344. The van der Waals surface area contributed by atoms with Crippen molar-refractivity contribution in [2.45, 2.75) is 38.5 Å². The van der Waals surface area contributed by atoms with Gasteiger partial charge in [0, 0.05) is 18.8 Å². The molecule has 2 rings (SSSR count). The molecule has 0 radical (unpaired) electrons. The molecule has 0 aliphatic carbocycles. The summed E-state index contributed by atoms with van der Waals surface area (Å²) >= 11 is 0. The molecule has 6 heteroatoms. The first-order valence-electron chi connectivity index (χ1n) is 6.18. The topological polar surface area (TPSA) is 76.4 Å². The summed E-state index contributed by atoms with van der Waals surface area (Å²) in [5.41, 5.74) is 0.516. The number of carbonyl (C=O) groups excluding carboxylic acids is 1. The van der Waals surface area contributed by atoms with Crippen molar-refractivity contribution in [2.24, 2.45) is 0 Å². The first-order valence-corrected chi connectivity index (χ1v) is 6.18. The summed E-state index contributed by atoms with van der Waals surface area (Å²) < 4.78 is 6.85. The molecule has 1 amide bonds. The van der Waals surface area contributed by atoms with E-state index in [0.29, 0.717) is 18.6 Å². The Morgan fingerprint density at radius 3 is 3.06 bits per heavy atom. The van der Waals surface area contributed by atoms with Gasteiger partial charge < -0.3 is 15.2 Å². The quantitative estimate of drug-likeness (QED) is 0.814. The van der Waals surface area contributed by atoms with Gasteiger partial charge >= 0.3 is 0 Å². The van der Waals surface area contributed by atoms with E-state index in [0.717, 1.165) is 0 Å². The second-order valence-electron chi connectivity index (χ2n) is 4.81. The maximum atomic E-state index is 12.0. The van der Waals surface area contributed by atoms with Gasteiger partial charge in [0.15, 0.2) is 0 Å². The highest BCUT2D eigenvalue weighted by molar-refractivity contribution is 5.93. The minimum Gasteiger partial charge on any atom is -0.389 e. The Hall–Kier alpha value is -1.40. The van der Waals surface area contributed by atoms with Crippen molar-refractivity contribution >= 4 is 5.91 Å². The molecule has 0 unspecified atom stereocenters. The fraction of sp³-hybridized carbons (Fsp3) is 0.667. The highest BCUT2D eigenvalue weighted by atomic mass is 16.5. The normalized spacial score (nSPS) is 24.2. The van der Waals surface area contributed by atoms with Crippen LogP contribution in [0.25, 0.3) is 0 Å². The van der Waals surface area contributed by atoms with E-state index in [-0.39, 0.29) is 24.6 Å². The molecule has 6 nitrogen and oxygen atoms in total. The van der Waals surface area contributed by atoms with Crippen LogP contribution in [0.15, 0.2) is 12.4 Å². The van der Waals surface area contributed by atoms with E-state index in [1.165, 1.54) is 0 Å². The second kappa shape index (κ2) is 5.49. The zero-order valence-electron chi connectivity index (χ0n) is 10.7. The van der Waals surface area contributed by atoms with Gasteiger partial charge in [0.2, 0.25) is 0 Å². The lowest BCUT2D eigenvalue weighted by atomic mass is 10.1. The Morgan fingerprint density at radius 1 is 1.67 bits per heavy atom. The zero-order valence-corrected chi connectivity index (χ0v) is 10.7. The zero-order chi connectivity index (χ0) is 13.1. The monoisotopic (exact) mass is 253 g/mol. The smallest absolute Gasteiger partial charge is 0.254 e. The molecular weight excluding hydrogens is 234 g/mol. The molecule has 1 aliphatic heterocycles. The van der Waals surface area contributed by atoms with Crippen LogP contribution in [0.3, 0.4) is 0 Å². The highest BCUT2D eigenvalue weighted by Crippen LogP contribution is 2.10. The van der Waals surface area contributed by atoms with Crippen molar-refractivity contribution < 1.29 is 14.6 Å². The summed E-state index contributed by atoms with van der Waals surface area (Å²) in [6, 6.07) is -0.0196. The van der Waals surface area contributed by atoms with E-state index in [2.05, 4.69) is 10.4 Å². The number of carbonyl (C=O) groups is 1. The second-order valence-corrected chi connectivity index (χ2v) is 4.81. The minimum absolute atomic E-state index is 0.201. The number of hydrogen-bond acceptors (Lipinski definition) is 4. The molecule has 0 saturated carbocycles. The van der Waals surface area contributed by atoms with Crippen molar-refractivity contribution in [1.82, 2.24) is 15.1 Å². The SMILES string of the molecule is CC(C)n1cc(C(=O)N[C@@H]2CCOC[C@H]2O)cn1. The highest BCUT2D eigenvalue weighted by Gasteiger charge is 2.25. The number of amides is 1. The standard InChI is InChI=1S/C12H19N3O3/c1-8(2)15-6-9(5-13-15)12(17)14-10-3-4-18-7-11(10)16/h5-6,8,10-11,16H,3-4,7H2,1-2H3,(H,14,17)/t10-,11-/m1/s1. The van der Waals surface area contributed by atoms with Gasteiger partial charge in [0.1, 0.15) is 0 Å². The third-order valence-electron chi connectivity index (χ3n) is 3.04. The van der Waals surface area contributed by atoms with Gasteiger partial charge in [0.25, 0.3) is 5.91 Å². The first-order chi connectivity index (χ1) is 8.58. The Bertz CT molecular complexity index is 416. The molecule has 0 bridgehead atoms. The number of aliphatic hydroxyl groups is 1. The van der Waals surface area contributed by atoms with Gasteiger partial charge in [-0.1, -0.05) is 0 Å². The van der Waals surface area contributed by atoms with Crippen LogP contribution >= 0.6 is 0 Å². The Labute approximate surface area is 106 Å². The van der Waals surface area contributed by atoms with Crippen molar-refractivity contribution in [3.8, 4) is 0 Å². The van der Waals surface area contributed by atoms with Crippen LogP contribution in [0.1, 0.15) is 36.7 Å². The third kappa shape index (κ3) is 2.88. The van der Waals surface area contributed by atoms with Gasteiger partial charge in [-0.3, -0.25) is 9.48 Å². The molecule has 0 spiro atoms. The van der Waals surface area contributed by atoms with Crippen LogP contribution < -0.4 is 5.32 Å². The molecule has 1 aliphatic rings. The number of aliphatic hydroxyl groups excluding tert-OH is 1. The number of ether oxygens (including phenoxy) is 1. The van der Waals surface area contributed by atoms with E-state index in [4.69, 9.17) is 4.74 Å². The number of nitrogens with zero attached hydrogens (tertiary/aromatic N) is 2. The summed E-state index contributed by atoms with van der Waals surface area (Å²) in [5, 5.41) is 16.6. The van der Waals surface area contributed by atoms with Crippen molar-refractivity contribution in [3.63, 3.8) is 0 Å². The first kappa shape index (κ1) is 13.0. The van der Waals surface area contributed by atoms with Crippen molar-refractivity contribution in [2.75, 3.05) is 13.2 Å². The summed E-state index contributed by atoms with van der Waals surface area (Å²) in [4.78, 5) is 12.0. The molecule has 2 heterocycles. The van der Waals surface area contributed by atoms with Crippen LogP contribution in [0.5, 0.6) is 0 Å². The fourth-order valence-corrected chi connectivity index (χ4v) is 1.88. The number of hydrogen-bond donors (Lipinski definition) is 2. The van der Waals surface area contributed by atoms with E-state index < -0.39 is 6.10 Å². The molecule has 2 atom stereocenters. The summed E-state index contributed by atoms with van der Waals surface area (Å²) in [6.07, 6.45) is 3.25. The van der Waals surface area contributed by atoms with Crippen LogP contribution in [-0.4, -0.2) is 46.2 Å². The average molecular weight is 253 g/mol. The molecule has 1 saturated heterocycles. The largest absolute Gasteiger partial charge is 0.389 e. The summed E-state index contributed by atoms with van der Waals surface area (Å²) in [7, 11) is 0. The predicted molar refractivity (Wildman–Crippen MR) is 65.3 cm³/mol. The summed E-state index contributed by atoms with van der Waals surface area (Å²) in [6.45, 7) is 4.83. The Morgan fingerprint density at radius 2 is 2.44 bits per heavy atom. The van der Waals surface area contributed by atoms with E-state index in [1.807, 2.05) is 13.8 Å². The fourth-order valence-electron chi connectivity index (χ4n) is 1.88. The van der Waals surface area contributed by atoms with Crippen LogP contribution in [0.2, 0.25) is 0 Å². The molecule has 18 heavy (non-hydrogen) atoms. The molecular formula is C12H19N3O3. The van der Waals surface area contributed by atoms with Gasteiger partial charge in [-0.2, -0.15) is 5.10 Å². The molecule has 1 aromatic rings. The molecule has 2 N–H and O–H groups in total. The molecule has 100 valence electrons. The van der Waals surface area contributed by atoms with E-state index in [9.17, 15) is 9.90 Å². The lowest BCUT2D eigenvalue weighted by Gasteiger charge is -2.28. The Kier molecular flexibility index (Phi) is 3.98. The Balaban J connectivity index is 1.98. The lowest BCUT2D eigenvalue weighted by molar-refractivity contribution is -0.0260. The third-order valence-corrected chi connectivity index (χ3v) is 3.04. The van der Waals surface area contributed by atoms with Crippen LogP contribution in [0.4, 0.5) is 0 Å². The van der Waals surface area contributed by atoms with Crippen molar-refractivity contribution in [3.05, 3.63) is 18.0 Å². The lowest BCUT2D eigenvalue weighted by Crippen LogP contribution is -2.48. The molecule has 1 aromatic heterocycles. The summed E-state index contributed by atoms with van der Waals surface area (Å²) in [5.74, 6) is -0.201. The van der Waals surface area contributed by atoms with Gasteiger partial charge in [-0.15, -0.1) is 0 Å². The van der Waals surface area contributed by atoms with Gasteiger partial charge in [-0.25, -0.2) is 0 Å². The van der Waals surface area contributed by atoms with Crippen LogP contribution in [0, 0.1) is 0 Å². The maximum absolute atomic E-state index is 12.0. The maximum Gasteiger partial charge on any atom is 0.254 e. The number of aromatic nitrogens is 2.